The molecule has 0 spiro atoms. The third-order valence-corrected chi connectivity index (χ3v) is 3.23. The van der Waals surface area contributed by atoms with Gasteiger partial charge in [0.25, 0.3) is 0 Å². The summed E-state index contributed by atoms with van der Waals surface area (Å²) in [6, 6.07) is 1.55. The summed E-state index contributed by atoms with van der Waals surface area (Å²) in [6.45, 7) is 2.37. The van der Waals surface area contributed by atoms with Crippen LogP contribution < -0.4 is 5.32 Å². The molecule has 0 saturated carbocycles. The van der Waals surface area contributed by atoms with E-state index in [1.165, 1.54) is 0 Å². The lowest BCUT2D eigenvalue weighted by molar-refractivity contribution is -0.0819. The summed E-state index contributed by atoms with van der Waals surface area (Å²) in [5.41, 5.74) is 0. The minimum atomic E-state index is -0.00364. The fourth-order valence-electron chi connectivity index (χ4n) is 1.43. The van der Waals surface area contributed by atoms with Crippen LogP contribution in [-0.4, -0.2) is 37.5 Å². The Hall–Kier alpha value is -0.260. The molecule has 1 atom stereocenters. The topological polar surface area (TPSA) is 43.4 Å². The molecule has 7 heteroatoms. The molecule has 2 heterocycles. The van der Waals surface area contributed by atoms with Gasteiger partial charge in [-0.3, -0.25) is 0 Å². The summed E-state index contributed by atoms with van der Waals surface area (Å²) in [5, 5.41) is 4.04. The van der Waals surface area contributed by atoms with E-state index in [4.69, 9.17) is 44.3 Å². The Bertz CT molecular complexity index is 397. The van der Waals surface area contributed by atoms with Crippen LogP contribution in [-0.2, 0) is 9.47 Å². The lowest BCUT2D eigenvalue weighted by atomic mass is 10.3. The minimum Gasteiger partial charge on any atom is -0.376 e. The fraction of sp³-hybridized carbons (Fsp3) is 0.500. The van der Waals surface area contributed by atoms with Gasteiger partial charge < -0.3 is 14.8 Å². The molecule has 1 unspecified atom stereocenters. The number of aromatic nitrogens is 1. The quantitative estimate of drug-likeness (QED) is 0.871. The fourth-order valence-corrected chi connectivity index (χ4v) is 2.00. The van der Waals surface area contributed by atoms with Gasteiger partial charge in [0.2, 0.25) is 0 Å². The molecule has 1 aromatic rings. The average Bonchev–Trinajstić information content (AvgIpc) is 2.33. The molecule has 1 aliphatic heterocycles. The molecule has 0 aromatic carbocycles. The molecule has 0 bridgehead atoms. The number of rotatable bonds is 3. The average molecular weight is 298 g/mol. The lowest BCUT2D eigenvalue weighted by Crippen LogP contribution is -2.34. The monoisotopic (exact) mass is 296 g/mol. The van der Waals surface area contributed by atoms with Crippen LogP contribution in [0.25, 0.3) is 0 Å². The van der Waals surface area contributed by atoms with Crippen molar-refractivity contribution in [2.45, 2.75) is 6.10 Å². The highest BCUT2D eigenvalue weighted by Crippen LogP contribution is 2.28. The molecule has 2 rings (SSSR count). The van der Waals surface area contributed by atoms with E-state index in [1.807, 2.05) is 0 Å². The van der Waals surface area contributed by atoms with E-state index in [-0.39, 0.29) is 11.3 Å². The molecular formula is C10H11Cl3N2O2. The Labute approximate surface area is 114 Å². The molecular weight excluding hydrogens is 286 g/mol. The molecule has 1 N–H and O–H groups in total. The van der Waals surface area contributed by atoms with Crippen molar-refractivity contribution in [1.82, 2.24) is 4.98 Å². The number of nitrogens with one attached hydrogen (secondary N) is 1. The standard InChI is InChI=1S/C10H11Cl3N2O2/c11-7-3-8(12)10(15-9(7)13)14-4-6-5-16-1-2-17-6/h3,6H,1-2,4-5H2,(H,14,15). The zero-order chi connectivity index (χ0) is 12.3. The maximum Gasteiger partial charge on any atom is 0.150 e. The maximum absolute atomic E-state index is 5.98. The Balaban J connectivity index is 1.96. The van der Waals surface area contributed by atoms with Crippen LogP contribution in [0.5, 0.6) is 0 Å². The van der Waals surface area contributed by atoms with Crippen molar-refractivity contribution in [3.8, 4) is 0 Å². The number of halogens is 3. The van der Waals surface area contributed by atoms with E-state index in [1.54, 1.807) is 6.07 Å². The maximum atomic E-state index is 5.98. The summed E-state index contributed by atoms with van der Waals surface area (Å²) in [6.07, 6.45) is -0.00364. The Morgan fingerprint density at radius 2 is 2.12 bits per heavy atom. The van der Waals surface area contributed by atoms with E-state index < -0.39 is 0 Å². The predicted octanol–water partition coefficient (Wildman–Crippen LogP) is 2.87. The first-order valence-corrected chi connectivity index (χ1v) is 6.25. The van der Waals surface area contributed by atoms with Crippen molar-refractivity contribution in [2.75, 3.05) is 31.7 Å². The Morgan fingerprint density at radius 3 is 2.82 bits per heavy atom. The van der Waals surface area contributed by atoms with Gasteiger partial charge in [-0.05, 0) is 6.07 Å². The molecule has 94 valence electrons. The van der Waals surface area contributed by atoms with Gasteiger partial charge in [-0.1, -0.05) is 34.8 Å². The molecule has 1 fully saturated rings. The predicted molar refractivity (Wildman–Crippen MR) is 68.3 cm³/mol. The molecule has 17 heavy (non-hydrogen) atoms. The summed E-state index contributed by atoms with van der Waals surface area (Å²) in [5.74, 6) is 0.496. The van der Waals surface area contributed by atoms with Crippen molar-refractivity contribution in [3.05, 3.63) is 21.3 Å². The molecule has 4 nitrogen and oxygen atoms in total. The van der Waals surface area contributed by atoms with Crippen LogP contribution >= 0.6 is 34.8 Å². The molecule has 1 aliphatic rings. The summed E-state index contributed by atoms with van der Waals surface area (Å²) in [7, 11) is 0. The van der Waals surface area contributed by atoms with Crippen LogP contribution in [0.4, 0.5) is 5.82 Å². The number of anilines is 1. The summed E-state index contributed by atoms with van der Waals surface area (Å²) in [4.78, 5) is 4.05. The highest BCUT2D eigenvalue weighted by molar-refractivity contribution is 6.42. The molecule has 1 saturated heterocycles. The van der Waals surface area contributed by atoms with Gasteiger partial charge in [0.05, 0.1) is 36.0 Å². The zero-order valence-corrected chi connectivity index (χ0v) is 11.1. The van der Waals surface area contributed by atoms with Crippen LogP contribution in [0.2, 0.25) is 15.2 Å². The third-order valence-electron chi connectivity index (χ3n) is 2.27. The number of ether oxygens (including phenoxy) is 2. The molecule has 0 aliphatic carbocycles. The highest BCUT2D eigenvalue weighted by atomic mass is 35.5. The first kappa shape index (κ1) is 13.2. The number of hydrogen-bond acceptors (Lipinski definition) is 4. The smallest absolute Gasteiger partial charge is 0.150 e. The van der Waals surface area contributed by atoms with Gasteiger partial charge in [-0.25, -0.2) is 4.98 Å². The van der Waals surface area contributed by atoms with Crippen molar-refractivity contribution >= 4 is 40.6 Å². The van der Waals surface area contributed by atoms with Crippen LogP contribution in [0.15, 0.2) is 6.07 Å². The van der Waals surface area contributed by atoms with Crippen LogP contribution in [0, 0.1) is 0 Å². The van der Waals surface area contributed by atoms with E-state index in [2.05, 4.69) is 10.3 Å². The molecule has 0 amide bonds. The van der Waals surface area contributed by atoms with Crippen molar-refractivity contribution < 1.29 is 9.47 Å². The van der Waals surface area contributed by atoms with Crippen LogP contribution in [0.1, 0.15) is 0 Å². The van der Waals surface area contributed by atoms with Gasteiger partial charge >= 0.3 is 0 Å². The molecule has 0 radical (unpaired) electrons. The first-order valence-electron chi connectivity index (χ1n) is 5.11. The molecule has 1 aromatic heterocycles. The SMILES string of the molecule is Clc1cc(Cl)c(NCC2COCCO2)nc1Cl. The van der Waals surface area contributed by atoms with Gasteiger partial charge in [0, 0.05) is 6.54 Å². The van der Waals surface area contributed by atoms with Gasteiger partial charge in [-0.2, -0.15) is 0 Å². The highest BCUT2D eigenvalue weighted by Gasteiger charge is 2.15. The van der Waals surface area contributed by atoms with E-state index in [0.717, 1.165) is 0 Å². The lowest BCUT2D eigenvalue weighted by Gasteiger charge is -2.23. The second kappa shape index (κ2) is 6.07. The normalized spacial score (nSPS) is 20.3. The second-order valence-corrected chi connectivity index (χ2v) is 4.71. The number of nitrogens with zero attached hydrogens (tertiary/aromatic N) is 1. The Morgan fingerprint density at radius 1 is 1.29 bits per heavy atom. The number of hydrogen-bond donors (Lipinski definition) is 1. The van der Waals surface area contributed by atoms with Crippen molar-refractivity contribution in [3.63, 3.8) is 0 Å². The third kappa shape index (κ3) is 3.60. The van der Waals surface area contributed by atoms with E-state index >= 15 is 0 Å². The van der Waals surface area contributed by atoms with Gasteiger partial charge in [0.1, 0.15) is 11.0 Å². The van der Waals surface area contributed by atoms with E-state index in [9.17, 15) is 0 Å². The van der Waals surface area contributed by atoms with Crippen molar-refractivity contribution in [2.24, 2.45) is 0 Å². The summed E-state index contributed by atoms with van der Waals surface area (Å²) < 4.78 is 10.8. The van der Waals surface area contributed by atoms with Crippen molar-refractivity contribution in [1.29, 1.82) is 0 Å². The first-order chi connectivity index (χ1) is 8.16. The summed E-state index contributed by atoms with van der Waals surface area (Å²) >= 11 is 17.6. The Kier molecular flexibility index (Phi) is 4.70. The van der Waals surface area contributed by atoms with Gasteiger partial charge in [0.15, 0.2) is 0 Å². The minimum absolute atomic E-state index is 0.00364. The number of pyridine rings is 1. The van der Waals surface area contributed by atoms with Crippen LogP contribution in [0.3, 0.4) is 0 Å². The second-order valence-electron chi connectivity index (χ2n) is 3.54. The largest absolute Gasteiger partial charge is 0.376 e. The zero-order valence-electron chi connectivity index (χ0n) is 8.88. The van der Waals surface area contributed by atoms with Gasteiger partial charge in [-0.15, -0.1) is 0 Å². The van der Waals surface area contributed by atoms with E-state index in [0.29, 0.717) is 42.2 Å².